The number of halogens is 3. The molecule has 0 unspecified atom stereocenters. The third-order valence-electron chi connectivity index (χ3n) is 5.12. The molecule has 0 heterocycles. The average Bonchev–Trinajstić information content (AvgIpc) is 2.76. The van der Waals surface area contributed by atoms with Crippen LogP contribution in [0.1, 0.15) is 25.0 Å². The monoisotopic (exact) mass is 564 g/mol. The van der Waals surface area contributed by atoms with Gasteiger partial charge in [-0.3, -0.25) is 4.79 Å². The molecule has 0 aliphatic carbocycles. The van der Waals surface area contributed by atoms with Gasteiger partial charge in [-0.2, -0.15) is 0 Å². The van der Waals surface area contributed by atoms with Crippen molar-refractivity contribution >= 4 is 62.4 Å². The van der Waals surface area contributed by atoms with Gasteiger partial charge in [0.25, 0.3) is 0 Å². The summed E-state index contributed by atoms with van der Waals surface area (Å²) in [5.41, 5.74) is 2.21. The summed E-state index contributed by atoms with van der Waals surface area (Å²) in [6.45, 7) is 3.78. The molecule has 0 aliphatic heterocycles. The highest BCUT2D eigenvalue weighted by atomic mass is 35.5. The van der Waals surface area contributed by atoms with E-state index in [1.165, 1.54) is 0 Å². The number of anilines is 1. The third-order valence-corrected chi connectivity index (χ3v) is 6.37. The molecule has 0 saturated heterocycles. The van der Waals surface area contributed by atoms with Crippen molar-refractivity contribution in [3.63, 3.8) is 0 Å². The van der Waals surface area contributed by atoms with Gasteiger partial charge in [-0.1, -0.05) is 49.2 Å². The summed E-state index contributed by atoms with van der Waals surface area (Å²) in [4.78, 5) is 25.2. The maximum atomic E-state index is 12.1. The van der Waals surface area contributed by atoms with E-state index in [-0.39, 0.29) is 6.54 Å². The van der Waals surface area contributed by atoms with E-state index < -0.39 is 33.9 Å². The second-order valence-corrected chi connectivity index (χ2v) is 11.3. The topological polar surface area (TPSA) is 102 Å². The molecular weight excluding hydrogens is 539 g/mol. The molecule has 0 aliphatic rings. The second kappa shape index (κ2) is 12.2. The number of amides is 1. The van der Waals surface area contributed by atoms with Crippen LogP contribution in [0.5, 0.6) is 5.75 Å². The number of benzene rings is 2. The van der Waals surface area contributed by atoms with Gasteiger partial charge in [0.2, 0.25) is 10.0 Å². The van der Waals surface area contributed by atoms with E-state index in [4.69, 9.17) is 39.5 Å². The first-order chi connectivity index (χ1) is 16.2. The van der Waals surface area contributed by atoms with Crippen LogP contribution in [-0.4, -0.2) is 59.2 Å². The lowest BCUT2D eigenvalue weighted by atomic mass is 9.78. The number of carbonyl (C=O) groups excluding carboxylic acids is 2. The fourth-order valence-corrected chi connectivity index (χ4v) is 4.26. The Balaban J connectivity index is 2.07. The van der Waals surface area contributed by atoms with Crippen LogP contribution in [0.3, 0.4) is 0 Å². The zero-order valence-corrected chi connectivity index (χ0v) is 22.8. The molecule has 0 fully saturated rings. The summed E-state index contributed by atoms with van der Waals surface area (Å²) < 4.78 is 33.8. The van der Waals surface area contributed by atoms with Crippen molar-refractivity contribution in [3.05, 3.63) is 57.6 Å². The standard InChI is InChI=1S/C23H27Cl3N2O6S/c1-23(2,16-11-19(25)21(20(26)12-16)33-10-9-24)15-5-7-17(8-6-15)28(3)13-18(29)14-34-22(30)27-35(4,31)32/h5-8,11-12H,9-10,13-14H2,1-4H3,(H,27,30). The zero-order chi connectivity index (χ0) is 26.4. The van der Waals surface area contributed by atoms with E-state index in [0.29, 0.717) is 28.3 Å². The average molecular weight is 566 g/mol. The van der Waals surface area contributed by atoms with Crippen molar-refractivity contribution in [2.45, 2.75) is 19.3 Å². The molecule has 8 nitrogen and oxygen atoms in total. The van der Waals surface area contributed by atoms with Crippen LogP contribution >= 0.6 is 34.8 Å². The van der Waals surface area contributed by atoms with Gasteiger partial charge < -0.3 is 14.4 Å². The molecule has 12 heteroatoms. The highest BCUT2D eigenvalue weighted by Crippen LogP contribution is 2.40. The first kappa shape index (κ1) is 29.0. The van der Waals surface area contributed by atoms with E-state index >= 15 is 0 Å². The number of ether oxygens (including phenoxy) is 2. The van der Waals surface area contributed by atoms with Crippen LogP contribution in [0.15, 0.2) is 36.4 Å². The smallest absolute Gasteiger partial charge is 0.421 e. The number of ketones is 1. The number of likely N-dealkylation sites (N-methyl/N-ethyl adjacent to an activating group) is 1. The molecule has 1 N–H and O–H groups in total. The summed E-state index contributed by atoms with van der Waals surface area (Å²) in [5, 5.41) is 0.793. The number of Topliss-reactive ketones (excluding diaryl/α,β-unsaturated/α-hetero) is 1. The number of nitrogens with one attached hydrogen (secondary N) is 1. The molecular formula is C23H27Cl3N2O6S. The fourth-order valence-electron chi connectivity index (χ4n) is 3.23. The Kier molecular flexibility index (Phi) is 10.1. The largest absolute Gasteiger partial charge is 0.489 e. The van der Waals surface area contributed by atoms with Gasteiger partial charge in [-0.25, -0.2) is 17.9 Å². The Morgan fingerprint density at radius 3 is 2.14 bits per heavy atom. The Labute approximate surface area is 220 Å². The van der Waals surface area contributed by atoms with Gasteiger partial charge in [0.05, 0.1) is 28.7 Å². The minimum absolute atomic E-state index is 0.0378. The number of rotatable bonds is 11. The van der Waals surface area contributed by atoms with E-state index in [1.807, 2.05) is 50.2 Å². The summed E-state index contributed by atoms with van der Waals surface area (Å²) >= 11 is 18.5. The molecule has 0 spiro atoms. The Bertz CT molecular complexity index is 1150. The molecule has 0 bridgehead atoms. The normalized spacial score (nSPS) is 11.6. The van der Waals surface area contributed by atoms with Crippen molar-refractivity contribution in [2.75, 3.05) is 43.8 Å². The molecule has 0 saturated carbocycles. The lowest BCUT2D eigenvalue weighted by molar-refractivity contribution is -0.120. The Morgan fingerprint density at radius 2 is 1.63 bits per heavy atom. The Hall–Kier alpha value is -2.20. The number of alkyl halides is 1. The van der Waals surface area contributed by atoms with Crippen LogP contribution in [0, 0.1) is 0 Å². The predicted molar refractivity (Wildman–Crippen MR) is 139 cm³/mol. The maximum absolute atomic E-state index is 12.1. The van der Waals surface area contributed by atoms with Crippen molar-refractivity contribution < 1.29 is 27.5 Å². The van der Waals surface area contributed by atoms with Crippen LogP contribution in [0.2, 0.25) is 10.0 Å². The number of nitrogens with zero attached hydrogens (tertiary/aromatic N) is 1. The van der Waals surface area contributed by atoms with Crippen molar-refractivity contribution in [2.24, 2.45) is 0 Å². The van der Waals surface area contributed by atoms with Crippen LogP contribution in [-0.2, 0) is 25.0 Å². The molecule has 1 amide bonds. The third kappa shape index (κ3) is 8.45. The summed E-state index contributed by atoms with van der Waals surface area (Å²) in [7, 11) is -2.04. The van der Waals surface area contributed by atoms with Crippen molar-refractivity contribution in [1.29, 1.82) is 0 Å². The molecule has 0 atom stereocenters. The van der Waals surface area contributed by atoms with Crippen molar-refractivity contribution in [3.8, 4) is 5.75 Å². The fraction of sp³-hybridized carbons (Fsp3) is 0.391. The van der Waals surface area contributed by atoms with Gasteiger partial charge in [-0.05, 0) is 35.4 Å². The number of hydrogen-bond acceptors (Lipinski definition) is 7. The van der Waals surface area contributed by atoms with Gasteiger partial charge in [-0.15, -0.1) is 11.6 Å². The number of hydrogen-bond donors (Lipinski definition) is 1. The molecule has 35 heavy (non-hydrogen) atoms. The van der Waals surface area contributed by atoms with Gasteiger partial charge in [0.15, 0.2) is 18.1 Å². The molecule has 192 valence electrons. The van der Waals surface area contributed by atoms with Crippen LogP contribution in [0.25, 0.3) is 0 Å². The maximum Gasteiger partial charge on any atom is 0.421 e. The lowest BCUT2D eigenvalue weighted by Crippen LogP contribution is -2.34. The summed E-state index contributed by atoms with van der Waals surface area (Å²) in [6, 6.07) is 11.2. The highest BCUT2D eigenvalue weighted by Gasteiger charge is 2.26. The second-order valence-electron chi connectivity index (χ2n) is 8.32. The molecule has 0 radical (unpaired) electrons. The minimum atomic E-state index is -3.76. The molecule has 2 aromatic carbocycles. The van der Waals surface area contributed by atoms with Gasteiger partial charge in [0.1, 0.15) is 6.61 Å². The predicted octanol–water partition coefficient (Wildman–Crippen LogP) is 4.63. The number of sulfonamides is 1. The van der Waals surface area contributed by atoms with Gasteiger partial charge >= 0.3 is 6.09 Å². The minimum Gasteiger partial charge on any atom is -0.489 e. The van der Waals surface area contributed by atoms with E-state index in [1.54, 1.807) is 16.7 Å². The van der Waals surface area contributed by atoms with Crippen LogP contribution in [0.4, 0.5) is 10.5 Å². The number of carbonyl (C=O) groups is 2. The van der Waals surface area contributed by atoms with Crippen molar-refractivity contribution in [1.82, 2.24) is 4.72 Å². The SMILES string of the molecule is CN(CC(=O)COC(=O)NS(C)(=O)=O)c1ccc(C(C)(C)c2cc(Cl)c(OCCCl)c(Cl)c2)cc1. The van der Waals surface area contributed by atoms with E-state index in [9.17, 15) is 18.0 Å². The molecule has 0 aromatic heterocycles. The lowest BCUT2D eigenvalue weighted by Gasteiger charge is -2.28. The van der Waals surface area contributed by atoms with E-state index in [2.05, 4.69) is 4.74 Å². The molecule has 2 aromatic rings. The molecule has 2 rings (SSSR count). The quantitative estimate of drug-likeness (QED) is 0.396. The first-order valence-corrected chi connectivity index (χ1v) is 13.6. The van der Waals surface area contributed by atoms with E-state index in [0.717, 1.165) is 23.1 Å². The van der Waals surface area contributed by atoms with Crippen LogP contribution < -0.4 is 14.4 Å². The Morgan fingerprint density at radius 1 is 1.06 bits per heavy atom. The van der Waals surface area contributed by atoms with Gasteiger partial charge in [0, 0.05) is 18.2 Å². The summed E-state index contributed by atoms with van der Waals surface area (Å²) in [5.74, 6) is 0.312. The highest BCUT2D eigenvalue weighted by molar-refractivity contribution is 7.89. The first-order valence-electron chi connectivity index (χ1n) is 10.4. The summed E-state index contributed by atoms with van der Waals surface area (Å²) in [6.07, 6.45) is -0.390. The zero-order valence-electron chi connectivity index (χ0n) is 19.7.